The zero-order valence-corrected chi connectivity index (χ0v) is 11.9. The third-order valence-corrected chi connectivity index (χ3v) is 3.80. The molecule has 3 nitrogen and oxygen atoms in total. The van der Waals surface area contributed by atoms with E-state index in [1.165, 1.54) is 24.3 Å². The number of carbonyl (C=O) groups is 1. The minimum atomic E-state index is -0.598. The number of nitrogens with zero attached hydrogens (tertiary/aromatic N) is 1. The van der Waals surface area contributed by atoms with Crippen molar-refractivity contribution in [1.82, 2.24) is 4.90 Å². The molecule has 0 radical (unpaired) electrons. The fourth-order valence-corrected chi connectivity index (χ4v) is 2.76. The number of rotatable bonds is 5. The fourth-order valence-electron chi connectivity index (χ4n) is 2.76. The zero-order chi connectivity index (χ0) is 14.6. The molecule has 0 bridgehead atoms. The lowest BCUT2D eigenvalue weighted by atomic mass is 9.95. The summed E-state index contributed by atoms with van der Waals surface area (Å²) in [6, 6.07) is 5.69. The topological polar surface area (TPSA) is 40.5 Å². The third-order valence-electron chi connectivity index (χ3n) is 3.80. The molecule has 1 aromatic rings. The van der Waals surface area contributed by atoms with Gasteiger partial charge in [-0.15, -0.1) is 0 Å². The summed E-state index contributed by atoms with van der Waals surface area (Å²) in [7, 11) is 0. The first-order chi connectivity index (χ1) is 9.46. The Morgan fingerprint density at radius 3 is 2.75 bits per heavy atom. The second-order valence-electron chi connectivity index (χ2n) is 5.91. The van der Waals surface area contributed by atoms with Crippen molar-refractivity contribution < 1.29 is 14.3 Å². The van der Waals surface area contributed by atoms with E-state index in [1.54, 1.807) is 0 Å². The summed E-state index contributed by atoms with van der Waals surface area (Å²) in [5.41, 5.74) is -0.0313. The van der Waals surface area contributed by atoms with Gasteiger partial charge >= 0.3 is 0 Å². The summed E-state index contributed by atoms with van der Waals surface area (Å²) in [5.74, 6) is -0.272. The van der Waals surface area contributed by atoms with Gasteiger partial charge in [-0.2, -0.15) is 0 Å². The third kappa shape index (κ3) is 4.39. The van der Waals surface area contributed by atoms with E-state index >= 15 is 0 Å². The average molecular weight is 279 g/mol. The predicted octanol–water partition coefficient (Wildman–Crippen LogP) is 2.64. The van der Waals surface area contributed by atoms with Crippen LogP contribution in [0.3, 0.4) is 0 Å². The van der Waals surface area contributed by atoms with Gasteiger partial charge in [-0.25, -0.2) is 4.39 Å². The van der Waals surface area contributed by atoms with Gasteiger partial charge in [-0.05, 0) is 63.5 Å². The molecular weight excluding hydrogens is 257 g/mol. The minimum absolute atomic E-state index is 0.0498. The maximum absolute atomic E-state index is 12.8. The monoisotopic (exact) mass is 279 g/mol. The lowest BCUT2D eigenvalue weighted by Gasteiger charge is -2.36. The number of benzene rings is 1. The number of hydrogen-bond donors (Lipinski definition) is 1. The summed E-state index contributed by atoms with van der Waals surface area (Å²) in [4.78, 5) is 14.1. The van der Waals surface area contributed by atoms with Crippen LogP contribution in [-0.4, -0.2) is 41.0 Å². The Bertz CT molecular complexity index is 456. The molecule has 1 atom stereocenters. The molecule has 20 heavy (non-hydrogen) atoms. The molecule has 1 aromatic carbocycles. The zero-order valence-electron chi connectivity index (χ0n) is 11.9. The highest BCUT2D eigenvalue weighted by Gasteiger charge is 2.27. The van der Waals surface area contributed by atoms with E-state index in [2.05, 4.69) is 4.90 Å². The molecule has 1 saturated heterocycles. The quantitative estimate of drug-likeness (QED) is 0.842. The molecule has 1 aliphatic heterocycles. The lowest BCUT2D eigenvalue weighted by molar-refractivity contribution is -0.0156. The Labute approximate surface area is 119 Å². The molecule has 1 heterocycles. The lowest BCUT2D eigenvalue weighted by Crippen LogP contribution is -2.46. The van der Waals surface area contributed by atoms with E-state index in [9.17, 15) is 14.3 Å². The molecule has 0 amide bonds. The highest BCUT2D eigenvalue weighted by molar-refractivity contribution is 5.95. The van der Waals surface area contributed by atoms with Crippen molar-refractivity contribution in [2.24, 2.45) is 0 Å². The maximum atomic E-state index is 12.8. The first kappa shape index (κ1) is 15.1. The number of piperidine rings is 1. The normalized spacial score (nSPS) is 23.8. The highest BCUT2D eigenvalue weighted by Crippen LogP contribution is 2.20. The molecule has 110 valence electrons. The SMILES string of the molecule is CC1(O)CCCN(CCCC(=O)c2ccc(F)cc2)C1. The largest absolute Gasteiger partial charge is 0.389 e. The van der Waals surface area contributed by atoms with Crippen LogP contribution >= 0.6 is 0 Å². The van der Waals surface area contributed by atoms with Crippen LogP contribution in [0.5, 0.6) is 0 Å². The highest BCUT2D eigenvalue weighted by atomic mass is 19.1. The van der Waals surface area contributed by atoms with Gasteiger partial charge in [-0.1, -0.05) is 0 Å². The number of ketones is 1. The van der Waals surface area contributed by atoms with Crippen molar-refractivity contribution in [3.05, 3.63) is 35.6 Å². The molecule has 0 saturated carbocycles. The van der Waals surface area contributed by atoms with Crippen LogP contribution in [0.4, 0.5) is 4.39 Å². The number of β-amino-alcohol motifs (C(OH)–C–C–N with tert-alkyl or cyclic N) is 1. The van der Waals surface area contributed by atoms with Gasteiger partial charge in [0.15, 0.2) is 5.78 Å². The molecule has 1 N–H and O–H groups in total. The van der Waals surface area contributed by atoms with E-state index < -0.39 is 5.60 Å². The first-order valence-corrected chi connectivity index (χ1v) is 7.20. The molecule has 1 fully saturated rings. The molecule has 1 unspecified atom stereocenters. The molecule has 1 aliphatic rings. The summed E-state index contributed by atoms with van der Waals surface area (Å²) >= 11 is 0. The summed E-state index contributed by atoms with van der Waals surface area (Å²) < 4.78 is 12.8. The number of Topliss-reactive ketones (excluding diaryl/α,β-unsaturated/α-hetero) is 1. The Morgan fingerprint density at radius 2 is 2.10 bits per heavy atom. The second-order valence-corrected chi connectivity index (χ2v) is 5.91. The summed E-state index contributed by atoms with van der Waals surface area (Å²) in [6.45, 7) is 4.35. The number of carbonyl (C=O) groups excluding carboxylic acids is 1. The van der Waals surface area contributed by atoms with Gasteiger partial charge in [0.25, 0.3) is 0 Å². The van der Waals surface area contributed by atoms with Crippen molar-refractivity contribution in [3.8, 4) is 0 Å². The van der Waals surface area contributed by atoms with Gasteiger partial charge in [-0.3, -0.25) is 4.79 Å². The fraction of sp³-hybridized carbons (Fsp3) is 0.562. The van der Waals surface area contributed by atoms with E-state index in [0.717, 1.165) is 32.4 Å². The van der Waals surface area contributed by atoms with Gasteiger partial charge in [0.05, 0.1) is 5.60 Å². The molecule has 2 rings (SSSR count). The van der Waals surface area contributed by atoms with Crippen molar-refractivity contribution in [1.29, 1.82) is 0 Å². The Balaban J connectivity index is 1.75. The maximum Gasteiger partial charge on any atom is 0.162 e. The van der Waals surface area contributed by atoms with Gasteiger partial charge in [0, 0.05) is 18.5 Å². The van der Waals surface area contributed by atoms with Crippen LogP contribution in [0.25, 0.3) is 0 Å². The summed E-state index contributed by atoms with van der Waals surface area (Å²) in [6.07, 6.45) is 3.08. The van der Waals surface area contributed by atoms with Crippen LogP contribution in [0, 0.1) is 5.82 Å². The molecule has 0 aliphatic carbocycles. The molecule has 0 spiro atoms. The Hall–Kier alpha value is -1.26. The summed E-state index contributed by atoms with van der Waals surface area (Å²) in [5, 5.41) is 10.0. The van der Waals surface area contributed by atoms with Crippen LogP contribution in [-0.2, 0) is 0 Å². The number of aliphatic hydroxyl groups is 1. The number of halogens is 1. The van der Waals surface area contributed by atoms with Gasteiger partial charge in [0.2, 0.25) is 0 Å². The van der Waals surface area contributed by atoms with Crippen molar-refractivity contribution >= 4 is 5.78 Å². The Morgan fingerprint density at radius 1 is 1.40 bits per heavy atom. The van der Waals surface area contributed by atoms with Crippen LogP contribution < -0.4 is 0 Å². The molecule has 4 heteroatoms. The van der Waals surface area contributed by atoms with E-state index in [0.29, 0.717) is 18.5 Å². The van der Waals surface area contributed by atoms with Crippen molar-refractivity contribution in [2.75, 3.05) is 19.6 Å². The first-order valence-electron chi connectivity index (χ1n) is 7.20. The molecule has 0 aromatic heterocycles. The van der Waals surface area contributed by atoms with Crippen molar-refractivity contribution in [2.45, 2.75) is 38.2 Å². The number of likely N-dealkylation sites (tertiary alicyclic amines) is 1. The molecular formula is C16H22FNO2. The number of hydrogen-bond acceptors (Lipinski definition) is 3. The van der Waals surface area contributed by atoms with Crippen LogP contribution in [0.1, 0.15) is 43.0 Å². The van der Waals surface area contributed by atoms with Crippen LogP contribution in [0.2, 0.25) is 0 Å². The van der Waals surface area contributed by atoms with Gasteiger partial charge in [0.1, 0.15) is 5.82 Å². The second kappa shape index (κ2) is 6.46. The van der Waals surface area contributed by atoms with E-state index in [1.807, 2.05) is 6.92 Å². The minimum Gasteiger partial charge on any atom is -0.389 e. The van der Waals surface area contributed by atoms with E-state index in [4.69, 9.17) is 0 Å². The van der Waals surface area contributed by atoms with Gasteiger partial charge < -0.3 is 10.0 Å². The Kier molecular flexibility index (Phi) is 4.89. The average Bonchev–Trinajstić information content (AvgIpc) is 2.38. The smallest absolute Gasteiger partial charge is 0.162 e. The predicted molar refractivity (Wildman–Crippen MR) is 76.3 cm³/mol. The standard InChI is InChI=1S/C16H22FNO2/c1-16(20)9-3-11-18(12-16)10-2-4-15(19)13-5-7-14(17)8-6-13/h5-8,20H,2-4,9-12H2,1H3. The van der Waals surface area contributed by atoms with E-state index in [-0.39, 0.29) is 11.6 Å². The van der Waals surface area contributed by atoms with Crippen molar-refractivity contribution in [3.63, 3.8) is 0 Å². The van der Waals surface area contributed by atoms with Crippen LogP contribution in [0.15, 0.2) is 24.3 Å².